The Kier molecular flexibility index (Phi) is 2.68. The van der Waals surface area contributed by atoms with Gasteiger partial charge < -0.3 is 9.84 Å². The maximum Gasteiger partial charge on any atom is 0.412 e. The minimum Gasteiger partial charge on any atom is -0.436 e. The Balaban J connectivity index is 2.24. The third-order valence-electron chi connectivity index (χ3n) is 2.62. The van der Waals surface area contributed by atoms with Gasteiger partial charge in [-0.15, -0.1) is 0 Å². The zero-order chi connectivity index (χ0) is 12.6. The van der Waals surface area contributed by atoms with Crippen LogP contribution in [0.5, 0.6) is 0 Å². The van der Waals surface area contributed by atoms with Crippen LogP contribution in [0.3, 0.4) is 0 Å². The zero-order valence-electron chi connectivity index (χ0n) is 8.94. The Morgan fingerprint density at radius 3 is 2.41 bits per heavy atom. The number of amides is 1. The molecule has 1 aliphatic rings. The van der Waals surface area contributed by atoms with Gasteiger partial charge in [-0.05, 0) is 17.7 Å². The minimum absolute atomic E-state index is 0.0547. The first kappa shape index (κ1) is 11.3. The van der Waals surface area contributed by atoms with E-state index in [0.29, 0.717) is 5.56 Å². The summed E-state index contributed by atoms with van der Waals surface area (Å²) < 4.78 is 4.94. The molecule has 1 fully saturated rings. The Morgan fingerprint density at radius 2 is 2.00 bits per heavy atom. The number of nitro groups is 1. The van der Waals surface area contributed by atoms with Crippen molar-refractivity contribution in [3.63, 3.8) is 0 Å². The van der Waals surface area contributed by atoms with Crippen LogP contribution in [-0.2, 0) is 4.74 Å². The first-order valence-electron chi connectivity index (χ1n) is 4.86. The summed E-state index contributed by atoms with van der Waals surface area (Å²) in [6.07, 6.45) is -2.52. The number of nitro benzene ring substituents is 1. The number of non-ortho nitro benzene ring substituents is 1. The maximum absolute atomic E-state index is 11.2. The number of rotatable bonds is 2. The van der Waals surface area contributed by atoms with E-state index in [0.717, 1.165) is 4.90 Å². The standard InChI is InChI=1S/C10H10N2O5/c1-11-9(13)8(17-10(11)14)6-2-4-7(5-3-6)12(15)16/h2-5,8-9,13H,1H3/t8-,9-/m0/s1. The van der Waals surface area contributed by atoms with E-state index in [1.807, 2.05) is 0 Å². The number of benzene rings is 1. The van der Waals surface area contributed by atoms with Crippen LogP contribution in [0.15, 0.2) is 24.3 Å². The van der Waals surface area contributed by atoms with Crippen LogP contribution in [-0.4, -0.2) is 34.3 Å². The van der Waals surface area contributed by atoms with Gasteiger partial charge in [0.15, 0.2) is 12.3 Å². The molecule has 1 heterocycles. The van der Waals surface area contributed by atoms with Gasteiger partial charge in [-0.2, -0.15) is 0 Å². The van der Waals surface area contributed by atoms with Crippen molar-refractivity contribution in [3.05, 3.63) is 39.9 Å². The van der Waals surface area contributed by atoms with Crippen molar-refractivity contribution in [2.45, 2.75) is 12.3 Å². The highest BCUT2D eigenvalue weighted by atomic mass is 16.6. The van der Waals surface area contributed by atoms with Crippen molar-refractivity contribution in [2.24, 2.45) is 0 Å². The average molecular weight is 238 g/mol. The van der Waals surface area contributed by atoms with Gasteiger partial charge in [0, 0.05) is 19.2 Å². The monoisotopic (exact) mass is 238 g/mol. The quantitative estimate of drug-likeness (QED) is 0.613. The van der Waals surface area contributed by atoms with Crippen molar-refractivity contribution in [1.82, 2.24) is 4.90 Å². The number of carbonyl (C=O) groups excluding carboxylic acids is 1. The first-order valence-corrected chi connectivity index (χ1v) is 4.86. The number of aliphatic hydroxyl groups is 1. The van der Waals surface area contributed by atoms with E-state index >= 15 is 0 Å². The number of hydrogen-bond acceptors (Lipinski definition) is 5. The van der Waals surface area contributed by atoms with E-state index in [9.17, 15) is 20.0 Å². The maximum atomic E-state index is 11.2. The van der Waals surface area contributed by atoms with Gasteiger partial charge in [-0.3, -0.25) is 15.0 Å². The lowest BCUT2D eigenvalue weighted by Crippen LogP contribution is -2.29. The molecule has 0 aliphatic carbocycles. The van der Waals surface area contributed by atoms with E-state index in [1.54, 1.807) is 0 Å². The Hall–Kier alpha value is -2.15. The third-order valence-corrected chi connectivity index (χ3v) is 2.62. The lowest BCUT2D eigenvalue weighted by molar-refractivity contribution is -0.384. The van der Waals surface area contributed by atoms with Crippen LogP contribution < -0.4 is 0 Å². The van der Waals surface area contributed by atoms with Crippen LogP contribution in [0.1, 0.15) is 11.7 Å². The minimum atomic E-state index is -1.08. The summed E-state index contributed by atoms with van der Waals surface area (Å²) in [6.45, 7) is 0. The molecule has 0 spiro atoms. The second-order valence-corrected chi connectivity index (χ2v) is 3.68. The summed E-state index contributed by atoms with van der Waals surface area (Å²) in [6, 6.07) is 5.51. The van der Waals surface area contributed by atoms with Crippen molar-refractivity contribution in [3.8, 4) is 0 Å². The summed E-state index contributed by atoms with van der Waals surface area (Å²) in [5, 5.41) is 20.2. The second kappa shape index (κ2) is 4.02. The van der Waals surface area contributed by atoms with Crippen molar-refractivity contribution < 1.29 is 19.6 Å². The van der Waals surface area contributed by atoms with Gasteiger partial charge in [0.2, 0.25) is 0 Å². The zero-order valence-corrected chi connectivity index (χ0v) is 8.94. The number of carbonyl (C=O) groups is 1. The van der Waals surface area contributed by atoms with Gasteiger partial charge in [0.1, 0.15) is 0 Å². The number of nitrogens with zero attached hydrogens (tertiary/aromatic N) is 2. The van der Waals surface area contributed by atoms with E-state index < -0.39 is 23.3 Å². The topological polar surface area (TPSA) is 92.9 Å². The van der Waals surface area contributed by atoms with Crippen molar-refractivity contribution in [1.29, 1.82) is 0 Å². The fourth-order valence-electron chi connectivity index (χ4n) is 1.59. The first-order chi connectivity index (χ1) is 8.00. The number of hydrogen-bond donors (Lipinski definition) is 1. The predicted molar refractivity (Wildman–Crippen MR) is 56.1 cm³/mol. The summed E-state index contributed by atoms with van der Waals surface area (Å²) in [5.41, 5.74) is 0.460. The molecular weight excluding hydrogens is 228 g/mol. The molecule has 0 aromatic heterocycles. The molecule has 2 atom stereocenters. The largest absolute Gasteiger partial charge is 0.436 e. The summed E-state index contributed by atoms with van der Waals surface area (Å²) in [7, 11) is 1.42. The van der Waals surface area contributed by atoms with Gasteiger partial charge in [-0.25, -0.2) is 4.79 Å². The number of cyclic esters (lactones) is 1. The number of ether oxygens (including phenoxy) is 1. The van der Waals surface area contributed by atoms with Gasteiger partial charge in [-0.1, -0.05) is 0 Å². The average Bonchev–Trinajstić information content (AvgIpc) is 2.57. The Morgan fingerprint density at radius 1 is 1.41 bits per heavy atom. The fourth-order valence-corrected chi connectivity index (χ4v) is 1.59. The summed E-state index contributed by atoms with van der Waals surface area (Å²) in [4.78, 5) is 22.2. The Bertz CT molecular complexity index is 458. The molecule has 1 N–H and O–H groups in total. The molecule has 1 aromatic carbocycles. The van der Waals surface area contributed by atoms with Gasteiger partial charge in [0.05, 0.1) is 4.92 Å². The molecular formula is C10H10N2O5. The summed E-state index contributed by atoms with van der Waals surface area (Å²) in [5.74, 6) is 0. The molecule has 1 amide bonds. The van der Waals surface area contributed by atoms with Gasteiger partial charge >= 0.3 is 6.09 Å². The van der Waals surface area contributed by atoms with Crippen molar-refractivity contribution >= 4 is 11.8 Å². The Labute approximate surface area is 96.4 Å². The van der Waals surface area contributed by atoms with Crippen LogP contribution in [0.2, 0.25) is 0 Å². The molecule has 17 heavy (non-hydrogen) atoms. The molecule has 7 nitrogen and oxygen atoms in total. The van der Waals surface area contributed by atoms with Crippen LogP contribution >= 0.6 is 0 Å². The number of aliphatic hydroxyl groups excluding tert-OH is 1. The molecule has 7 heteroatoms. The second-order valence-electron chi connectivity index (χ2n) is 3.68. The SMILES string of the molecule is CN1C(=O)O[C@@H](c2ccc([N+](=O)[O-])cc2)[C@@H]1O. The highest BCUT2D eigenvalue weighted by Gasteiger charge is 2.39. The van der Waals surface area contributed by atoms with E-state index in [4.69, 9.17) is 4.74 Å². The molecule has 1 aromatic rings. The van der Waals surface area contributed by atoms with Crippen molar-refractivity contribution in [2.75, 3.05) is 7.05 Å². The van der Waals surface area contributed by atoms with Crippen LogP contribution in [0.25, 0.3) is 0 Å². The highest BCUT2D eigenvalue weighted by Crippen LogP contribution is 2.30. The lowest BCUT2D eigenvalue weighted by atomic mass is 10.1. The lowest BCUT2D eigenvalue weighted by Gasteiger charge is -2.15. The van der Waals surface area contributed by atoms with E-state index in [-0.39, 0.29) is 5.69 Å². The predicted octanol–water partition coefficient (Wildman–Crippen LogP) is 1.04. The fraction of sp³-hybridized carbons (Fsp3) is 0.300. The normalized spacial score (nSPS) is 23.6. The third kappa shape index (κ3) is 1.92. The smallest absolute Gasteiger partial charge is 0.412 e. The number of likely N-dealkylation sites (N-methyl/N-ethyl adjacent to an activating group) is 1. The highest BCUT2D eigenvalue weighted by molar-refractivity contribution is 5.70. The molecule has 1 saturated heterocycles. The molecule has 1 aliphatic heterocycles. The van der Waals surface area contributed by atoms with E-state index in [2.05, 4.69) is 0 Å². The van der Waals surface area contributed by atoms with Crippen LogP contribution in [0, 0.1) is 10.1 Å². The molecule has 0 bridgehead atoms. The van der Waals surface area contributed by atoms with Crippen LogP contribution in [0.4, 0.5) is 10.5 Å². The molecule has 0 radical (unpaired) electrons. The molecule has 90 valence electrons. The summed E-state index contributed by atoms with van der Waals surface area (Å²) >= 11 is 0. The molecule has 0 saturated carbocycles. The van der Waals surface area contributed by atoms with E-state index in [1.165, 1.54) is 31.3 Å². The molecule has 2 rings (SSSR count). The van der Waals surface area contributed by atoms with Gasteiger partial charge in [0.25, 0.3) is 5.69 Å². The molecule has 0 unspecified atom stereocenters.